The van der Waals surface area contributed by atoms with E-state index in [0.29, 0.717) is 12.1 Å². The molecule has 1 aromatic heterocycles. The smallest absolute Gasteiger partial charge is 0.0367 e. The van der Waals surface area contributed by atoms with Crippen molar-refractivity contribution >= 4 is 5.69 Å². The van der Waals surface area contributed by atoms with Crippen molar-refractivity contribution in [1.29, 1.82) is 0 Å². The molecule has 0 fully saturated rings. The minimum absolute atomic E-state index is 0. The van der Waals surface area contributed by atoms with Gasteiger partial charge in [0.1, 0.15) is 0 Å². The molecule has 0 aromatic carbocycles. The van der Waals surface area contributed by atoms with Crippen LogP contribution in [-0.2, 0) is 6.42 Å². The van der Waals surface area contributed by atoms with Crippen molar-refractivity contribution in [1.82, 2.24) is 4.98 Å². The molecule has 1 heterocycles. The first kappa shape index (κ1) is 11.3. The molecule has 1 aromatic rings. The molecule has 0 aliphatic carbocycles. The van der Waals surface area contributed by atoms with Gasteiger partial charge in [-0.1, -0.05) is 18.1 Å². The number of aliphatic hydroxyl groups is 1. The van der Waals surface area contributed by atoms with Gasteiger partial charge in [0, 0.05) is 47.9 Å². The third-order valence-electron chi connectivity index (χ3n) is 1.26. The summed E-state index contributed by atoms with van der Waals surface area (Å²) in [6.07, 6.45) is 4.79. The fourth-order valence-corrected chi connectivity index (χ4v) is 0.734. The topological polar surface area (TPSA) is 59.1 Å². The summed E-state index contributed by atoms with van der Waals surface area (Å²) in [5, 5.41) is 8.55. The molecule has 3 nitrogen and oxygen atoms in total. The van der Waals surface area contributed by atoms with E-state index in [1.165, 1.54) is 0 Å². The van der Waals surface area contributed by atoms with E-state index >= 15 is 0 Å². The number of hydrogen-bond donors (Lipinski definition) is 2. The zero-order valence-electron chi connectivity index (χ0n) is 6.12. The van der Waals surface area contributed by atoms with Gasteiger partial charge in [0.05, 0.1) is 0 Å². The number of pyridine rings is 1. The Morgan fingerprint density at radius 1 is 1.64 bits per heavy atom. The van der Waals surface area contributed by atoms with E-state index in [1.54, 1.807) is 12.3 Å². The Balaban J connectivity index is 0.000001000. The number of aromatic nitrogens is 1. The summed E-state index contributed by atoms with van der Waals surface area (Å²) < 4.78 is 0. The summed E-state index contributed by atoms with van der Waals surface area (Å²) in [4.78, 5) is 3.70. The second kappa shape index (κ2) is 5.87. The molecule has 0 saturated carbocycles. The molecule has 0 spiro atoms. The maximum absolute atomic E-state index is 8.55. The molecule has 11 heavy (non-hydrogen) atoms. The minimum Gasteiger partial charge on any atom is -0.418 e. The number of rotatable bonds is 2. The normalized spacial score (nSPS) is 8.82. The van der Waals surface area contributed by atoms with Crippen molar-refractivity contribution < 1.29 is 46.4 Å². The predicted octanol–water partition coefficient (Wildman–Crippen LogP) is -0.00121. The van der Waals surface area contributed by atoms with Crippen LogP contribution in [0.3, 0.4) is 0 Å². The van der Waals surface area contributed by atoms with Crippen LogP contribution < -0.4 is 5.73 Å². The number of aliphatic hydroxyl groups excluding tert-OH is 1. The van der Waals surface area contributed by atoms with Crippen LogP contribution in [0.25, 0.3) is 0 Å². The van der Waals surface area contributed by atoms with Crippen LogP contribution in [0.1, 0.15) is 5.56 Å². The van der Waals surface area contributed by atoms with Gasteiger partial charge in [-0.2, -0.15) is 0 Å². The number of nitrogens with two attached hydrogens (primary N) is 1. The second-order valence-corrected chi connectivity index (χ2v) is 1.97. The van der Waals surface area contributed by atoms with E-state index < -0.39 is 0 Å². The molecule has 0 amide bonds. The Kier molecular flexibility index (Phi) is 6.01. The van der Waals surface area contributed by atoms with Crippen LogP contribution >= 0.6 is 0 Å². The van der Waals surface area contributed by atoms with E-state index in [0.717, 1.165) is 5.56 Å². The Morgan fingerprint density at radius 2 is 2.36 bits per heavy atom. The standard InChI is InChI=1S/C7H9N2O.Pr/c8-7-5-9-3-1-6(7)2-4-10;/h1,3,10H,2,4,8H2;/q-1;. The van der Waals surface area contributed by atoms with E-state index in [9.17, 15) is 0 Å². The van der Waals surface area contributed by atoms with Gasteiger partial charge in [-0.15, -0.1) is 11.6 Å². The Labute approximate surface area is 99.0 Å². The van der Waals surface area contributed by atoms with Gasteiger partial charge in [0.2, 0.25) is 0 Å². The third kappa shape index (κ3) is 3.45. The molecule has 0 aliphatic rings. The van der Waals surface area contributed by atoms with Gasteiger partial charge in [0.15, 0.2) is 0 Å². The molecule has 0 aliphatic heterocycles. The van der Waals surface area contributed by atoms with Gasteiger partial charge in [0.25, 0.3) is 0 Å². The average Bonchev–Trinajstić information content (AvgIpc) is 1.94. The zero-order valence-corrected chi connectivity index (χ0v) is 9.82. The number of hydrogen-bond acceptors (Lipinski definition) is 3. The molecule has 1 rings (SSSR count). The van der Waals surface area contributed by atoms with Gasteiger partial charge >= 0.3 is 0 Å². The predicted molar refractivity (Wildman–Crippen MR) is 38.3 cm³/mol. The van der Waals surface area contributed by atoms with E-state index in [-0.39, 0.29) is 47.9 Å². The first-order valence-electron chi connectivity index (χ1n) is 3.06. The van der Waals surface area contributed by atoms with Gasteiger partial charge in [-0.3, -0.25) is 0 Å². The fourth-order valence-electron chi connectivity index (χ4n) is 0.734. The summed E-state index contributed by atoms with van der Waals surface area (Å²) >= 11 is 0. The van der Waals surface area contributed by atoms with Gasteiger partial charge in [-0.05, 0) is 6.42 Å². The van der Waals surface area contributed by atoms with Crippen molar-refractivity contribution in [3.63, 3.8) is 0 Å². The number of nitrogen functional groups attached to an aromatic ring is 1. The summed E-state index contributed by atoms with van der Waals surface area (Å²) in [7, 11) is 0. The quantitative estimate of drug-likeness (QED) is 0.749. The number of nitrogens with zero attached hydrogens (tertiary/aromatic N) is 1. The van der Waals surface area contributed by atoms with Crippen molar-refractivity contribution in [3.05, 3.63) is 24.0 Å². The Hall–Kier alpha value is 0.274. The Morgan fingerprint density at radius 3 is 2.91 bits per heavy atom. The molecular formula is C7H9N2OPr-. The van der Waals surface area contributed by atoms with Crippen LogP contribution in [0.5, 0.6) is 0 Å². The molecule has 3 N–H and O–H groups in total. The molecule has 1 radical (unpaired) electrons. The monoisotopic (exact) mass is 278 g/mol. The number of anilines is 1. The van der Waals surface area contributed by atoms with E-state index in [2.05, 4.69) is 11.2 Å². The zero-order chi connectivity index (χ0) is 7.40. The second-order valence-electron chi connectivity index (χ2n) is 1.97. The maximum Gasteiger partial charge on any atom is 0.0367 e. The van der Waals surface area contributed by atoms with Crippen LogP contribution in [-0.4, -0.2) is 16.7 Å². The SMILES string of the molecule is Nc1[c-]nccc1CCO.[Pr]. The summed E-state index contributed by atoms with van der Waals surface area (Å²) in [5.41, 5.74) is 6.90. The van der Waals surface area contributed by atoms with Crippen molar-refractivity contribution in [2.75, 3.05) is 12.3 Å². The van der Waals surface area contributed by atoms with E-state index in [4.69, 9.17) is 10.8 Å². The first-order valence-corrected chi connectivity index (χ1v) is 3.06. The molecule has 0 unspecified atom stereocenters. The molecule has 57 valence electrons. The average molecular weight is 278 g/mol. The molecular weight excluding hydrogens is 269 g/mol. The van der Waals surface area contributed by atoms with Gasteiger partial charge < -0.3 is 15.8 Å². The fraction of sp³-hybridized carbons (Fsp3) is 0.286. The van der Waals surface area contributed by atoms with Crippen LogP contribution in [0.4, 0.5) is 5.69 Å². The molecule has 0 atom stereocenters. The largest absolute Gasteiger partial charge is 0.418 e. The third-order valence-corrected chi connectivity index (χ3v) is 1.26. The van der Waals surface area contributed by atoms with Crippen molar-refractivity contribution in [3.8, 4) is 0 Å². The summed E-state index contributed by atoms with van der Waals surface area (Å²) in [6.45, 7) is 0.113. The Bertz CT molecular complexity index is 217. The van der Waals surface area contributed by atoms with Crippen molar-refractivity contribution in [2.45, 2.75) is 6.42 Å². The van der Waals surface area contributed by atoms with Crippen LogP contribution in [0.2, 0.25) is 0 Å². The van der Waals surface area contributed by atoms with Crippen molar-refractivity contribution in [2.24, 2.45) is 0 Å². The minimum atomic E-state index is 0. The van der Waals surface area contributed by atoms with Gasteiger partial charge in [-0.25, -0.2) is 0 Å². The van der Waals surface area contributed by atoms with Crippen LogP contribution in [0, 0.1) is 47.5 Å². The van der Waals surface area contributed by atoms with Crippen LogP contribution in [0.15, 0.2) is 12.3 Å². The van der Waals surface area contributed by atoms with E-state index in [1.807, 2.05) is 0 Å². The molecule has 0 saturated heterocycles. The maximum atomic E-state index is 8.55. The molecule has 0 bridgehead atoms. The first-order chi connectivity index (χ1) is 4.84. The molecule has 4 heteroatoms. The summed E-state index contributed by atoms with van der Waals surface area (Å²) in [5.74, 6) is 0. The summed E-state index contributed by atoms with van der Waals surface area (Å²) in [6, 6.07) is 1.78.